The largest absolute Gasteiger partial charge is 0.496 e. The molecule has 0 saturated heterocycles. The highest BCUT2D eigenvalue weighted by molar-refractivity contribution is 9.11. The SMILES string of the molecule is COc1cc(Br)ccc1C(N)c1cc(Br)sc1C. The van der Waals surface area contributed by atoms with E-state index in [4.69, 9.17) is 10.5 Å². The highest BCUT2D eigenvalue weighted by atomic mass is 79.9. The standard InChI is InChI=1S/C13H13Br2NOS/c1-7-10(6-12(15)18-7)13(16)9-4-3-8(14)5-11(9)17-2/h3-6,13H,16H2,1-2H3. The quantitative estimate of drug-likeness (QED) is 0.828. The minimum absolute atomic E-state index is 0.171. The van der Waals surface area contributed by atoms with Crippen molar-refractivity contribution in [2.75, 3.05) is 7.11 Å². The van der Waals surface area contributed by atoms with E-state index in [1.54, 1.807) is 18.4 Å². The van der Waals surface area contributed by atoms with Crippen molar-refractivity contribution in [3.63, 3.8) is 0 Å². The molecule has 96 valence electrons. The van der Waals surface area contributed by atoms with E-state index in [9.17, 15) is 0 Å². The van der Waals surface area contributed by atoms with Crippen molar-refractivity contribution in [1.29, 1.82) is 0 Å². The second-order valence-corrected chi connectivity index (χ2v) is 7.48. The molecule has 18 heavy (non-hydrogen) atoms. The Morgan fingerprint density at radius 1 is 1.22 bits per heavy atom. The molecule has 2 N–H and O–H groups in total. The summed E-state index contributed by atoms with van der Waals surface area (Å²) >= 11 is 8.63. The van der Waals surface area contributed by atoms with Crippen LogP contribution >= 0.6 is 43.2 Å². The van der Waals surface area contributed by atoms with Crippen LogP contribution in [0.5, 0.6) is 5.75 Å². The van der Waals surface area contributed by atoms with E-state index in [0.717, 1.165) is 25.1 Å². The number of benzene rings is 1. The molecule has 0 aliphatic heterocycles. The Balaban J connectivity index is 2.45. The minimum atomic E-state index is -0.171. The van der Waals surface area contributed by atoms with Gasteiger partial charge in [-0.1, -0.05) is 22.0 Å². The number of halogens is 2. The molecule has 0 saturated carbocycles. The van der Waals surface area contributed by atoms with Gasteiger partial charge in [0.25, 0.3) is 0 Å². The molecule has 0 spiro atoms. The Hall–Kier alpha value is -0.360. The average molecular weight is 391 g/mol. The maximum Gasteiger partial charge on any atom is 0.125 e. The molecule has 2 aromatic rings. The van der Waals surface area contributed by atoms with Crippen LogP contribution in [-0.2, 0) is 0 Å². The van der Waals surface area contributed by atoms with Gasteiger partial charge in [-0.2, -0.15) is 0 Å². The molecule has 5 heteroatoms. The summed E-state index contributed by atoms with van der Waals surface area (Å²) in [5.41, 5.74) is 8.47. The smallest absolute Gasteiger partial charge is 0.125 e. The van der Waals surface area contributed by atoms with Gasteiger partial charge in [-0.25, -0.2) is 0 Å². The summed E-state index contributed by atoms with van der Waals surface area (Å²) in [5.74, 6) is 0.804. The maximum atomic E-state index is 6.35. The molecule has 1 aromatic heterocycles. The van der Waals surface area contributed by atoms with Crippen molar-refractivity contribution in [1.82, 2.24) is 0 Å². The van der Waals surface area contributed by atoms with Gasteiger partial charge < -0.3 is 10.5 Å². The summed E-state index contributed by atoms with van der Waals surface area (Å²) in [6.45, 7) is 2.08. The summed E-state index contributed by atoms with van der Waals surface area (Å²) in [5, 5.41) is 0. The Bertz CT molecular complexity index is 568. The molecule has 1 atom stereocenters. The summed E-state index contributed by atoms with van der Waals surface area (Å²) in [6, 6.07) is 7.82. The Labute approximate surface area is 127 Å². The fraction of sp³-hybridized carbons (Fsp3) is 0.231. The van der Waals surface area contributed by atoms with Gasteiger partial charge >= 0.3 is 0 Å². The third kappa shape index (κ3) is 2.79. The Morgan fingerprint density at radius 3 is 2.50 bits per heavy atom. The second-order valence-electron chi connectivity index (χ2n) is 3.93. The van der Waals surface area contributed by atoms with Crippen LogP contribution in [0.1, 0.15) is 22.0 Å². The highest BCUT2D eigenvalue weighted by Gasteiger charge is 2.18. The molecule has 2 nitrogen and oxygen atoms in total. The van der Waals surface area contributed by atoms with E-state index in [1.807, 2.05) is 18.2 Å². The predicted octanol–water partition coefficient (Wildman–Crippen LogP) is 4.64. The van der Waals surface area contributed by atoms with Crippen molar-refractivity contribution in [3.8, 4) is 5.75 Å². The lowest BCUT2D eigenvalue weighted by Crippen LogP contribution is -2.13. The second kappa shape index (κ2) is 5.74. The number of methoxy groups -OCH3 is 1. The fourth-order valence-electron chi connectivity index (χ4n) is 1.88. The monoisotopic (exact) mass is 389 g/mol. The van der Waals surface area contributed by atoms with Crippen molar-refractivity contribution >= 4 is 43.2 Å². The predicted molar refractivity (Wildman–Crippen MR) is 83.5 cm³/mol. The first-order chi connectivity index (χ1) is 8.52. The van der Waals surface area contributed by atoms with Crippen LogP contribution in [0.4, 0.5) is 0 Å². The topological polar surface area (TPSA) is 35.2 Å². The number of rotatable bonds is 3. The van der Waals surface area contributed by atoms with Gasteiger partial charge in [0, 0.05) is 14.9 Å². The van der Waals surface area contributed by atoms with Gasteiger partial charge in [0.2, 0.25) is 0 Å². The van der Waals surface area contributed by atoms with Gasteiger partial charge in [-0.3, -0.25) is 0 Å². The van der Waals surface area contributed by atoms with E-state index in [0.29, 0.717) is 0 Å². The first-order valence-electron chi connectivity index (χ1n) is 5.37. The molecule has 1 aromatic carbocycles. The molecule has 0 aliphatic rings. The first-order valence-corrected chi connectivity index (χ1v) is 7.78. The number of ether oxygens (including phenoxy) is 1. The molecule has 1 heterocycles. The lowest BCUT2D eigenvalue weighted by Gasteiger charge is -2.16. The van der Waals surface area contributed by atoms with Crippen LogP contribution in [-0.4, -0.2) is 7.11 Å². The van der Waals surface area contributed by atoms with Gasteiger partial charge in [0.05, 0.1) is 16.9 Å². The van der Waals surface area contributed by atoms with Gasteiger partial charge in [0.1, 0.15) is 5.75 Å². The van der Waals surface area contributed by atoms with E-state index >= 15 is 0 Å². The summed E-state index contributed by atoms with van der Waals surface area (Å²) in [7, 11) is 1.66. The minimum Gasteiger partial charge on any atom is -0.496 e. The number of hydrogen-bond donors (Lipinski definition) is 1. The third-order valence-electron chi connectivity index (χ3n) is 2.79. The lowest BCUT2D eigenvalue weighted by molar-refractivity contribution is 0.407. The van der Waals surface area contributed by atoms with Gasteiger partial charge in [-0.05, 0) is 46.6 Å². The zero-order valence-corrected chi connectivity index (χ0v) is 14.0. The normalized spacial score (nSPS) is 12.5. The van der Waals surface area contributed by atoms with Crippen LogP contribution in [0, 0.1) is 6.92 Å². The summed E-state index contributed by atoms with van der Waals surface area (Å²) < 4.78 is 7.48. The fourth-order valence-corrected chi connectivity index (χ4v) is 3.97. The van der Waals surface area contributed by atoms with Crippen molar-refractivity contribution in [2.45, 2.75) is 13.0 Å². The highest BCUT2D eigenvalue weighted by Crippen LogP contribution is 2.36. The zero-order valence-electron chi connectivity index (χ0n) is 10.0. The number of hydrogen-bond acceptors (Lipinski definition) is 3. The molecule has 0 radical (unpaired) electrons. The maximum absolute atomic E-state index is 6.35. The molecule has 0 fully saturated rings. The first kappa shape index (κ1) is 14.1. The summed E-state index contributed by atoms with van der Waals surface area (Å²) in [6.07, 6.45) is 0. The van der Waals surface area contributed by atoms with Crippen LogP contribution in [0.15, 0.2) is 32.5 Å². The average Bonchev–Trinajstić information content (AvgIpc) is 2.67. The van der Waals surface area contributed by atoms with E-state index in [2.05, 4.69) is 44.8 Å². The molecule has 1 unspecified atom stereocenters. The number of nitrogens with two attached hydrogens (primary N) is 1. The molecular weight excluding hydrogens is 378 g/mol. The number of thiophene rings is 1. The van der Waals surface area contributed by atoms with Crippen LogP contribution < -0.4 is 10.5 Å². The molecule has 0 aliphatic carbocycles. The van der Waals surface area contributed by atoms with Gasteiger partial charge in [-0.15, -0.1) is 11.3 Å². The molecule has 0 amide bonds. The lowest BCUT2D eigenvalue weighted by atomic mass is 9.99. The Morgan fingerprint density at radius 2 is 1.94 bits per heavy atom. The molecule has 2 rings (SSSR count). The van der Waals surface area contributed by atoms with Crippen molar-refractivity contribution in [2.24, 2.45) is 5.73 Å². The van der Waals surface area contributed by atoms with E-state index < -0.39 is 0 Å². The molecule has 0 bridgehead atoms. The van der Waals surface area contributed by atoms with Crippen LogP contribution in [0.2, 0.25) is 0 Å². The van der Waals surface area contributed by atoms with Crippen LogP contribution in [0.3, 0.4) is 0 Å². The Kier molecular flexibility index (Phi) is 4.48. The van der Waals surface area contributed by atoms with Gasteiger partial charge in [0.15, 0.2) is 0 Å². The van der Waals surface area contributed by atoms with Crippen molar-refractivity contribution in [3.05, 3.63) is 48.5 Å². The third-order valence-corrected chi connectivity index (χ3v) is 4.85. The zero-order chi connectivity index (χ0) is 13.3. The summed E-state index contributed by atoms with van der Waals surface area (Å²) in [4.78, 5) is 1.22. The number of aryl methyl sites for hydroxylation is 1. The van der Waals surface area contributed by atoms with E-state index in [1.165, 1.54) is 4.88 Å². The van der Waals surface area contributed by atoms with Crippen molar-refractivity contribution < 1.29 is 4.74 Å². The van der Waals surface area contributed by atoms with E-state index in [-0.39, 0.29) is 6.04 Å². The van der Waals surface area contributed by atoms with Crippen LogP contribution in [0.25, 0.3) is 0 Å². The molecular formula is C13H13Br2NOS.